The number of nitrogens with zero attached hydrogens (tertiary/aromatic N) is 2. The molecule has 1 aliphatic rings. The number of rotatable bonds is 7. The summed E-state index contributed by atoms with van der Waals surface area (Å²) in [6.07, 6.45) is 9.55. The van der Waals surface area contributed by atoms with E-state index >= 15 is 0 Å². The number of methoxy groups -OCH3 is 1. The molecule has 0 atom stereocenters. The van der Waals surface area contributed by atoms with Gasteiger partial charge >= 0.3 is 5.97 Å². The van der Waals surface area contributed by atoms with Gasteiger partial charge in [0.2, 0.25) is 0 Å². The Balaban J connectivity index is 1.59. The molecule has 2 N–H and O–H groups in total. The summed E-state index contributed by atoms with van der Waals surface area (Å²) in [7, 11) is 1.31. The van der Waals surface area contributed by atoms with Gasteiger partial charge in [-0.15, -0.1) is 0 Å². The molecule has 1 aromatic heterocycles. The third-order valence-electron chi connectivity index (χ3n) is 4.58. The van der Waals surface area contributed by atoms with Crippen LogP contribution in [-0.2, 0) is 4.74 Å². The molecule has 0 saturated heterocycles. The Labute approximate surface area is 164 Å². The highest BCUT2D eigenvalue weighted by molar-refractivity contribution is 6.03. The maximum atomic E-state index is 12.5. The molecule has 0 bridgehead atoms. The molecule has 0 unspecified atom stereocenters. The van der Waals surface area contributed by atoms with Crippen molar-refractivity contribution in [2.24, 2.45) is 0 Å². The molecule has 146 valence electrons. The van der Waals surface area contributed by atoms with Gasteiger partial charge in [-0.3, -0.25) is 4.79 Å². The molecular formula is C21H24N4O3. The molecule has 7 heteroatoms. The average Bonchev–Trinajstić information content (AvgIpc) is 2.74. The number of aromatic nitrogens is 2. The number of hydrogen-bond donors (Lipinski definition) is 2. The smallest absolute Gasteiger partial charge is 0.337 e. The second-order valence-electron chi connectivity index (χ2n) is 6.60. The van der Waals surface area contributed by atoms with Gasteiger partial charge in [0.1, 0.15) is 17.8 Å². The van der Waals surface area contributed by atoms with E-state index in [1.807, 2.05) is 0 Å². The second kappa shape index (κ2) is 9.64. The van der Waals surface area contributed by atoms with E-state index in [2.05, 4.69) is 26.7 Å². The van der Waals surface area contributed by atoms with Gasteiger partial charge in [-0.1, -0.05) is 17.7 Å². The standard InChI is InChI=1S/C21H24N4O3/c1-28-21(27)16-8-5-9-17(12-16)25-20(26)18-13-19(24-14-23-18)22-11-10-15-6-3-2-4-7-15/h5-6,8-9,12-14H,2-4,7,10-11H2,1H3,(H,25,26)(H,22,23,24). The van der Waals surface area contributed by atoms with Gasteiger partial charge in [0, 0.05) is 18.3 Å². The van der Waals surface area contributed by atoms with Gasteiger partial charge in [0.05, 0.1) is 12.7 Å². The number of benzene rings is 1. The highest BCUT2D eigenvalue weighted by Crippen LogP contribution is 2.20. The van der Waals surface area contributed by atoms with Gasteiger partial charge in [-0.05, 0) is 50.3 Å². The lowest BCUT2D eigenvalue weighted by atomic mass is 9.97. The zero-order chi connectivity index (χ0) is 19.8. The molecule has 2 aromatic rings. The number of hydrogen-bond acceptors (Lipinski definition) is 6. The number of carbonyl (C=O) groups is 2. The summed E-state index contributed by atoms with van der Waals surface area (Å²) in [5, 5.41) is 5.99. The number of anilines is 2. The quantitative estimate of drug-likeness (QED) is 0.560. The summed E-state index contributed by atoms with van der Waals surface area (Å²) in [5.41, 5.74) is 2.58. The van der Waals surface area contributed by atoms with Crippen molar-refractivity contribution in [1.29, 1.82) is 0 Å². The van der Waals surface area contributed by atoms with Crippen molar-refractivity contribution in [1.82, 2.24) is 9.97 Å². The van der Waals surface area contributed by atoms with Gasteiger partial charge in [0.25, 0.3) is 5.91 Å². The molecule has 28 heavy (non-hydrogen) atoms. The van der Waals surface area contributed by atoms with Crippen molar-refractivity contribution in [2.45, 2.75) is 32.1 Å². The van der Waals surface area contributed by atoms with Crippen LogP contribution in [0.1, 0.15) is 53.0 Å². The summed E-state index contributed by atoms with van der Waals surface area (Å²) in [6, 6.07) is 8.17. The maximum Gasteiger partial charge on any atom is 0.337 e. The molecule has 1 amide bonds. The predicted molar refractivity (Wildman–Crippen MR) is 107 cm³/mol. The van der Waals surface area contributed by atoms with Crippen LogP contribution in [0.2, 0.25) is 0 Å². The fourth-order valence-corrected chi connectivity index (χ4v) is 3.10. The lowest BCUT2D eigenvalue weighted by Crippen LogP contribution is -2.15. The van der Waals surface area contributed by atoms with Crippen molar-refractivity contribution < 1.29 is 14.3 Å². The SMILES string of the molecule is COC(=O)c1cccc(NC(=O)c2cc(NCCC3=CCCCC3)ncn2)c1. The van der Waals surface area contributed by atoms with E-state index in [0.29, 0.717) is 17.1 Å². The number of amides is 1. The summed E-state index contributed by atoms with van der Waals surface area (Å²) in [5.74, 6) is -0.222. The van der Waals surface area contributed by atoms with Gasteiger partial charge in [-0.2, -0.15) is 0 Å². The first kappa shape index (κ1) is 19.5. The monoisotopic (exact) mass is 380 g/mol. The van der Waals surface area contributed by atoms with Crippen molar-refractivity contribution in [3.63, 3.8) is 0 Å². The Hall–Kier alpha value is -3.22. The Kier molecular flexibility index (Phi) is 6.73. The lowest BCUT2D eigenvalue weighted by Gasteiger charge is -2.13. The molecule has 0 aliphatic heterocycles. The molecule has 0 fully saturated rings. The third kappa shape index (κ3) is 5.39. The van der Waals surface area contributed by atoms with Crippen LogP contribution in [0.5, 0.6) is 0 Å². The topological polar surface area (TPSA) is 93.2 Å². The molecule has 0 saturated carbocycles. The lowest BCUT2D eigenvalue weighted by molar-refractivity contribution is 0.0600. The minimum absolute atomic E-state index is 0.248. The number of allylic oxidation sites excluding steroid dienone is 1. The molecule has 0 spiro atoms. The van der Waals surface area contributed by atoms with E-state index in [1.165, 1.54) is 44.7 Å². The van der Waals surface area contributed by atoms with E-state index in [-0.39, 0.29) is 11.6 Å². The average molecular weight is 380 g/mol. The van der Waals surface area contributed by atoms with E-state index in [1.54, 1.807) is 30.3 Å². The number of esters is 1. The molecular weight excluding hydrogens is 356 g/mol. The van der Waals surface area contributed by atoms with Crippen LogP contribution >= 0.6 is 0 Å². The van der Waals surface area contributed by atoms with Crippen LogP contribution in [0.4, 0.5) is 11.5 Å². The molecule has 0 radical (unpaired) electrons. The van der Waals surface area contributed by atoms with Gasteiger partial charge < -0.3 is 15.4 Å². The number of nitrogens with one attached hydrogen (secondary N) is 2. The summed E-state index contributed by atoms with van der Waals surface area (Å²) < 4.78 is 4.69. The zero-order valence-electron chi connectivity index (χ0n) is 15.9. The van der Waals surface area contributed by atoms with E-state index in [0.717, 1.165) is 13.0 Å². The summed E-state index contributed by atoms with van der Waals surface area (Å²) in [6.45, 7) is 0.769. The van der Waals surface area contributed by atoms with Gasteiger partial charge in [-0.25, -0.2) is 14.8 Å². The molecule has 1 aromatic carbocycles. The first-order valence-corrected chi connectivity index (χ1v) is 9.39. The molecule has 1 aliphatic carbocycles. The Morgan fingerprint density at radius 2 is 2.07 bits per heavy atom. The summed E-state index contributed by atoms with van der Waals surface area (Å²) >= 11 is 0. The predicted octanol–water partition coefficient (Wildman–Crippen LogP) is 3.82. The second-order valence-corrected chi connectivity index (χ2v) is 6.60. The Morgan fingerprint density at radius 1 is 1.18 bits per heavy atom. The largest absolute Gasteiger partial charge is 0.465 e. The van der Waals surface area contributed by atoms with Crippen LogP contribution in [0.25, 0.3) is 0 Å². The number of carbonyl (C=O) groups excluding carboxylic acids is 2. The molecule has 7 nitrogen and oxygen atoms in total. The van der Waals surface area contributed by atoms with Crippen molar-refractivity contribution in [3.05, 3.63) is 59.6 Å². The third-order valence-corrected chi connectivity index (χ3v) is 4.58. The highest BCUT2D eigenvalue weighted by Gasteiger charge is 2.12. The minimum Gasteiger partial charge on any atom is -0.465 e. The van der Waals surface area contributed by atoms with Crippen LogP contribution < -0.4 is 10.6 Å². The van der Waals surface area contributed by atoms with E-state index in [9.17, 15) is 9.59 Å². The van der Waals surface area contributed by atoms with Gasteiger partial charge in [0.15, 0.2) is 0 Å². The van der Waals surface area contributed by atoms with E-state index in [4.69, 9.17) is 4.74 Å². The Morgan fingerprint density at radius 3 is 2.86 bits per heavy atom. The fraction of sp³-hybridized carbons (Fsp3) is 0.333. The molecule has 1 heterocycles. The first-order valence-electron chi connectivity index (χ1n) is 9.39. The maximum absolute atomic E-state index is 12.5. The first-order chi connectivity index (χ1) is 13.7. The Bertz CT molecular complexity index is 879. The van der Waals surface area contributed by atoms with E-state index < -0.39 is 5.97 Å². The van der Waals surface area contributed by atoms with Crippen molar-refractivity contribution in [2.75, 3.05) is 24.3 Å². The zero-order valence-corrected chi connectivity index (χ0v) is 15.9. The normalized spacial score (nSPS) is 13.4. The van der Waals surface area contributed by atoms with Crippen LogP contribution in [-0.4, -0.2) is 35.5 Å². The van der Waals surface area contributed by atoms with Crippen molar-refractivity contribution >= 4 is 23.4 Å². The van der Waals surface area contributed by atoms with Crippen LogP contribution in [0, 0.1) is 0 Å². The highest BCUT2D eigenvalue weighted by atomic mass is 16.5. The molecule has 3 rings (SSSR count). The van der Waals surface area contributed by atoms with Crippen LogP contribution in [0.3, 0.4) is 0 Å². The van der Waals surface area contributed by atoms with Crippen LogP contribution in [0.15, 0.2) is 48.3 Å². The fourth-order valence-electron chi connectivity index (χ4n) is 3.10. The number of ether oxygens (including phenoxy) is 1. The summed E-state index contributed by atoms with van der Waals surface area (Å²) in [4.78, 5) is 32.3. The minimum atomic E-state index is -0.460. The van der Waals surface area contributed by atoms with Crippen molar-refractivity contribution in [3.8, 4) is 0 Å².